The van der Waals surface area contributed by atoms with Crippen molar-refractivity contribution in [3.8, 4) is 0 Å². The van der Waals surface area contributed by atoms with Gasteiger partial charge >= 0.3 is 0 Å². The predicted molar refractivity (Wildman–Crippen MR) is 158 cm³/mol. The number of rotatable bonds is 18. The molecule has 1 aromatic carbocycles. The Balaban J connectivity index is 2.55. The van der Waals surface area contributed by atoms with Crippen molar-refractivity contribution in [1.29, 1.82) is 0 Å². The minimum atomic E-state index is 0.835. The first-order valence-corrected chi connectivity index (χ1v) is 17.0. The van der Waals surface area contributed by atoms with Crippen LogP contribution in [0.1, 0.15) is 104 Å². The van der Waals surface area contributed by atoms with Crippen molar-refractivity contribution in [2.75, 3.05) is 11.5 Å². The summed E-state index contributed by atoms with van der Waals surface area (Å²) in [6.45, 7) is 14.2. The molecule has 2 atom stereocenters. The lowest BCUT2D eigenvalue weighted by Gasteiger charge is -2.16. The molecule has 0 aromatic heterocycles. The van der Waals surface area contributed by atoms with Gasteiger partial charge in [0.05, 0.1) is 0 Å². The van der Waals surface area contributed by atoms with Gasteiger partial charge in [-0.05, 0) is 71.3 Å². The Morgan fingerprint density at radius 1 is 0.594 bits per heavy atom. The van der Waals surface area contributed by atoms with Crippen molar-refractivity contribution in [2.45, 2.75) is 113 Å². The fraction of sp³-hybridized carbons (Fsp3) is 0.786. The molecule has 0 aliphatic rings. The largest absolute Gasteiger partial charge is 0.126 e. The van der Waals surface area contributed by atoms with E-state index in [1.807, 2.05) is 0 Å². The van der Waals surface area contributed by atoms with Gasteiger partial charge in [-0.15, -0.1) is 23.5 Å². The number of thioether (sulfide) groups is 2. The molecular weight excluding hydrogens is 560 g/mol. The molecule has 0 bridgehead atoms. The van der Waals surface area contributed by atoms with E-state index < -0.39 is 0 Å². The Kier molecular flexibility index (Phi) is 17.6. The summed E-state index contributed by atoms with van der Waals surface area (Å²) in [4.78, 5) is 2.94. The summed E-state index contributed by atoms with van der Waals surface area (Å²) >= 11 is 11.6. The monoisotopic (exact) mass is 606 g/mol. The van der Waals surface area contributed by atoms with E-state index in [-0.39, 0.29) is 0 Å². The first kappa shape index (κ1) is 30.9. The molecule has 0 N–H and O–H groups in total. The molecule has 0 radical (unpaired) electrons. The Bertz CT molecular complexity index is 562. The van der Waals surface area contributed by atoms with Crippen molar-refractivity contribution >= 4 is 55.4 Å². The zero-order valence-corrected chi connectivity index (χ0v) is 26.3. The van der Waals surface area contributed by atoms with Gasteiger partial charge < -0.3 is 0 Å². The van der Waals surface area contributed by atoms with Crippen molar-refractivity contribution in [1.82, 2.24) is 0 Å². The zero-order chi connectivity index (χ0) is 23.9. The van der Waals surface area contributed by atoms with Crippen molar-refractivity contribution in [3.05, 3.63) is 23.3 Å². The summed E-state index contributed by atoms with van der Waals surface area (Å²) < 4.78 is 0. The highest BCUT2D eigenvalue weighted by atomic mass is 79.9. The van der Waals surface area contributed by atoms with E-state index >= 15 is 0 Å². The summed E-state index contributed by atoms with van der Waals surface area (Å²) in [5, 5.41) is 1.89. The Morgan fingerprint density at radius 3 is 1.28 bits per heavy atom. The number of benzene rings is 1. The molecule has 0 amide bonds. The summed E-state index contributed by atoms with van der Waals surface area (Å²) in [7, 11) is 0. The van der Waals surface area contributed by atoms with E-state index in [9.17, 15) is 0 Å². The maximum absolute atomic E-state index is 3.75. The van der Waals surface area contributed by atoms with Gasteiger partial charge in [-0.25, -0.2) is 0 Å². The molecule has 2 unspecified atom stereocenters. The second-order valence-corrected chi connectivity index (χ2v) is 13.9. The number of alkyl halides is 2. The maximum atomic E-state index is 3.75. The molecule has 0 aliphatic heterocycles. The normalized spacial score (nSPS) is 13.8. The molecule has 186 valence electrons. The molecule has 0 heterocycles. The topological polar surface area (TPSA) is 0 Å². The van der Waals surface area contributed by atoms with Gasteiger partial charge in [0.1, 0.15) is 0 Å². The molecule has 1 aromatic rings. The summed E-state index contributed by atoms with van der Waals surface area (Å²) in [6, 6.07) is 4.90. The van der Waals surface area contributed by atoms with Crippen molar-refractivity contribution in [3.63, 3.8) is 0 Å². The van der Waals surface area contributed by atoms with Gasteiger partial charge in [-0.1, -0.05) is 112 Å². The van der Waals surface area contributed by atoms with Crippen LogP contribution < -0.4 is 0 Å². The first-order chi connectivity index (χ1) is 15.3. The summed E-state index contributed by atoms with van der Waals surface area (Å²) in [5.41, 5.74) is 2.92. The minimum absolute atomic E-state index is 0.835. The average molecular weight is 609 g/mol. The van der Waals surface area contributed by atoms with Crippen LogP contribution in [0.5, 0.6) is 0 Å². The minimum Gasteiger partial charge on any atom is -0.126 e. The Labute approximate surface area is 225 Å². The lowest BCUT2D eigenvalue weighted by molar-refractivity contribution is 0.451. The van der Waals surface area contributed by atoms with Crippen LogP contribution >= 0.6 is 55.4 Å². The molecule has 0 fully saturated rings. The van der Waals surface area contributed by atoms with Crippen LogP contribution in [0.4, 0.5) is 0 Å². The molecular formula is C28H48Br2S2. The fourth-order valence-electron chi connectivity index (χ4n) is 3.90. The van der Waals surface area contributed by atoms with E-state index in [4.69, 9.17) is 0 Å². The van der Waals surface area contributed by atoms with Crippen molar-refractivity contribution in [2.24, 2.45) is 23.7 Å². The van der Waals surface area contributed by atoms with Gasteiger partial charge in [0, 0.05) is 20.5 Å². The van der Waals surface area contributed by atoms with Crippen LogP contribution in [0.2, 0.25) is 0 Å². The SMILES string of the molecule is CC(C)CCCC(C)CCSc1cc(CBr)c(SCCC(C)CCCC(C)C)cc1CBr. The van der Waals surface area contributed by atoms with E-state index in [2.05, 4.69) is 109 Å². The highest BCUT2D eigenvalue weighted by molar-refractivity contribution is 9.08. The molecule has 32 heavy (non-hydrogen) atoms. The van der Waals surface area contributed by atoms with Crippen LogP contribution in [0.3, 0.4) is 0 Å². The van der Waals surface area contributed by atoms with E-state index in [1.54, 1.807) is 0 Å². The highest BCUT2D eigenvalue weighted by Crippen LogP contribution is 2.35. The second kappa shape index (κ2) is 18.2. The fourth-order valence-corrected chi connectivity index (χ4v) is 7.76. The standard InChI is InChI=1S/C28H48Br2S2/c1-21(2)9-7-11-23(5)13-15-31-27-17-26(20-30)28(18-25(27)19-29)32-16-14-24(6)12-8-10-22(3)4/h17-18,21-24H,7-16,19-20H2,1-6H3. The Hall–Kier alpha value is 0.880. The first-order valence-electron chi connectivity index (χ1n) is 12.8. The van der Waals surface area contributed by atoms with Crippen molar-refractivity contribution < 1.29 is 0 Å². The van der Waals surface area contributed by atoms with E-state index in [0.717, 1.165) is 34.3 Å². The molecule has 0 nitrogen and oxygen atoms in total. The third kappa shape index (κ3) is 13.7. The Morgan fingerprint density at radius 2 is 0.969 bits per heavy atom. The molecule has 0 saturated heterocycles. The molecule has 1 rings (SSSR count). The highest BCUT2D eigenvalue weighted by Gasteiger charge is 2.12. The van der Waals surface area contributed by atoms with Crippen LogP contribution in [-0.2, 0) is 10.7 Å². The van der Waals surface area contributed by atoms with Crippen LogP contribution in [0, 0.1) is 23.7 Å². The van der Waals surface area contributed by atoms with E-state index in [1.165, 1.54) is 83.8 Å². The molecule has 4 heteroatoms. The van der Waals surface area contributed by atoms with Crippen LogP contribution in [0.25, 0.3) is 0 Å². The zero-order valence-electron chi connectivity index (χ0n) is 21.5. The smallest absolute Gasteiger partial charge is 0.0294 e. The van der Waals surface area contributed by atoms with Gasteiger partial charge in [-0.2, -0.15) is 0 Å². The third-order valence-corrected chi connectivity index (χ3v) is 9.69. The van der Waals surface area contributed by atoms with Gasteiger partial charge in [0.2, 0.25) is 0 Å². The molecule has 0 spiro atoms. The van der Waals surface area contributed by atoms with Gasteiger partial charge in [0.15, 0.2) is 0 Å². The number of hydrogen-bond acceptors (Lipinski definition) is 2. The van der Waals surface area contributed by atoms with Gasteiger partial charge in [-0.3, -0.25) is 0 Å². The number of hydrogen-bond donors (Lipinski definition) is 0. The summed E-state index contributed by atoms with van der Waals surface area (Å²) in [5.74, 6) is 5.80. The van der Waals surface area contributed by atoms with Gasteiger partial charge in [0.25, 0.3) is 0 Å². The quantitative estimate of drug-likeness (QED) is 0.120. The van der Waals surface area contributed by atoms with Crippen LogP contribution in [-0.4, -0.2) is 11.5 Å². The predicted octanol–water partition coefficient (Wildman–Crippen LogP) is 11.4. The lowest BCUT2D eigenvalue weighted by atomic mass is 9.98. The molecule has 0 saturated carbocycles. The second-order valence-electron chi connectivity index (χ2n) is 10.5. The van der Waals surface area contributed by atoms with Crippen LogP contribution in [0.15, 0.2) is 21.9 Å². The summed E-state index contributed by atoms with van der Waals surface area (Å²) in [6.07, 6.45) is 10.9. The van der Waals surface area contributed by atoms with E-state index in [0.29, 0.717) is 0 Å². The third-order valence-electron chi connectivity index (χ3n) is 6.22. The number of halogens is 2. The maximum Gasteiger partial charge on any atom is 0.0294 e. The lowest BCUT2D eigenvalue weighted by Crippen LogP contribution is -2.00. The molecule has 0 aliphatic carbocycles. The average Bonchev–Trinajstić information content (AvgIpc) is 2.73.